The second-order valence-corrected chi connectivity index (χ2v) is 14.7. The van der Waals surface area contributed by atoms with Crippen LogP contribution in [-0.4, -0.2) is 72.6 Å². The van der Waals surface area contributed by atoms with E-state index in [4.69, 9.17) is 4.98 Å². The topological polar surface area (TPSA) is 114 Å². The zero-order chi connectivity index (χ0) is 29.2. The van der Waals surface area contributed by atoms with Crippen molar-refractivity contribution in [3.63, 3.8) is 0 Å². The third-order valence-electron chi connectivity index (χ3n) is 8.34. The van der Waals surface area contributed by atoms with Crippen LogP contribution in [0.2, 0.25) is 0 Å². The first kappa shape index (κ1) is 26.8. The number of pyridine rings is 1. The molecular formula is C30H35N9O2S. The monoisotopic (exact) mass is 585 g/mol. The van der Waals surface area contributed by atoms with E-state index in [9.17, 15) is 9.00 Å². The van der Waals surface area contributed by atoms with Gasteiger partial charge in [-0.1, -0.05) is 12.1 Å². The number of nitrogens with zero attached hydrogens (tertiary/aromatic N) is 8. The largest absolute Gasteiger partial charge is 0.370 e. The summed E-state index contributed by atoms with van der Waals surface area (Å²) in [6.45, 7) is 8.29. The van der Waals surface area contributed by atoms with E-state index in [1.54, 1.807) is 47.7 Å². The fraction of sp³-hybridized carbons (Fsp3) is 0.400. The van der Waals surface area contributed by atoms with E-state index < -0.39 is 9.73 Å². The Bertz CT molecular complexity index is 1910. The molecular weight excluding hydrogens is 550 g/mol. The van der Waals surface area contributed by atoms with Gasteiger partial charge in [0.2, 0.25) is 5.95 Å². The molecule has 5 heterocycles. The summed E-state index contributed by atoms with van der Waals surface area (Å²) in [5, 5.41) is 3.80. The van der Waals surface area contributed by atoms with Crippen molar-refractivity contribution < 1.29 is 4.21 Å². The highest BCUT2D eigenvalue weighted by Crippen LogP contribution is 2.54. The summed E-state index contributed by atoms with van der Waals surface area (Å²) in [6, 6.07) is 9.65. The van der Waals surface area contributed by atoms with Gasteiger partial charge in [-0.25, -0.2) is 23.5 Å². The Balaban J connectivity index is 1.30. The lowest BCUT2D eigenvalue weighted by atomic mass is 9.91. The van der Waals surface area contributed by atoms with Gasteiger partial charge < -0.3 is 15.1 Å². The van der Waals surface area contributed by atoms with E-state index in [1.807, 2.05) is 0 Å². The first-order valence-electron chi connectivity index (χ1n) is 14.2. The first-order valence-corrected chi connectivity index (χ1v) is 16.5. The van der Waals surface area contributed by atoms with Crippen LogP contribution in [0.4, 0.5) is 23.1 Å². The molecule has 0 radical (unpaired) electrons. The van der Waals surface area contributed by atoms with Crippen molar-refractivity contribution in [1.82, 2.24) is 29.2 Å². The van der Waals surface area contributed by atoms with Crippen LogP contribution in [-0.2, 0) is 29.2 Å². The molecule has 1 saturated carbocycles. The van der Waals surface area contributed by atoms with Crippen molar-refractivity contribution in [2.24, 2.45) is 9.78 Å². The fourth-order valence-corrected chi connectivity index (χ4v) is 6.69. The number of rotatable bonds is 7. The highest BCUT2D eigenvalue weighted by molar-refractivity contribution is 7.92. The molecule has 0 atom stereocenters. The normalized spacial score (nSPS) is 17.6. The third-order valence-corrected chi connectivity index (χ3v) is 8.96. The Morgan fingerprint density at radius 1 is 1.19 bits per heavy atom. The molecule has 1 N–H and O–H groups in total. The first-order chi connectivity index (χ1) is 20.1. The Hall–Kier alpha value is -4.03. The third kappa shape index (κ3) is 4.88. The average molecular weight is 586 g/mol. The zero-order valence-corrected chi connectivity index (χ0v) is 25.0. The van der Waals surface area contributed by atoms with Crippen molar-refractivity contribution in [2.45, 2.75) is 32.4 Å². The van der Waals surface area contributed by atoms with Gasteiger partial charge in [-0.2, -0.15) is 9.35 Å². The van der Waals surface area contributed by atoms with Crippen LogP contribution in [0.15, 0.2) is 58.3 Å². The van der Waals surface area contributed by atoms with Crippen LogP contribution in [0.1, 0.15) is 24.0 Å². The Kier molecular flexibility index (Phi) is 6.24. The SMILES string of the molecule is C=CCn1c(=O)c2cnc(Nc3cc4c(c(N5CC6(CC6)C5)c3)CCN(C)C4)nc2n1-c1cccc(N=S(C)(C)=O)n1. The average Bonchev–Trinajstić information content (AvgIpc) is 3.67. The molecule has 4 aromatic rings. The van der Waals surface area contributed by atoms with Gasteiger partial charge in [0.15, 0.2) is 17.3 Å². The van der Waals surface area contributed by atoms with Gasteiger partial charge >= 0.3 is 0 Å². The fourth-order valence-electron chi connectivity index (χ4n) is 6.14. The van der Waals surface area contributed by atoms with Crippen LogP contribution in [0.25, 0.3) is 16.9 Å². The Labute approximate surface area is 245 Å². The van der Waals surface area contributed by atoms with Crippen LogP contribution in [0.5, 0.6) is 0 Å². The van der Waals surface area contributed by atoms with Crippen molar-refractivity contribution >= 4 is 43.9 Å². The highest BCUT2D eigenvalue weighted by Gasteiger charge is 2.52. The van der Waals surface area contributed by atoms with Gasteiger partial charge in [0.05, 0.1) is 6.54 Å². The molecule has 1 saturated heterocycles. The molecule has 42 heavy (non-hydrogen) atoms. The van der Waals surface area contributed by atoms with E-state index in [0.29, 0.717) is 34.0 Å². The molecule has 11 nitrogen and oxygen atoms in total. The molecule has 0 amide bonds. The van der Waals surface area contributed by atoms with Gasteiger partial charge in [0, 0.05) is 71.4 Å². The molecule has 2 fully saturated rings. The van der Waals surface area contributed by atoms with Gasteiger partial charge in [-0.15, -0.1) is 6.58 Å². The number of anilines is 3. The number of allylic oxidation sites excluding steroid dienone is 1. The van der Waals surface area contributed by atoms with E-state index in [2.05, 4.69) is 55.2 Å². The number of aromatic nitrogens is 5. The molecule has 218 valence electrons. The van der Waals surface area contributed by atoms with Crippen molar-refractivity contribution in [1.29, 1.82) is 0 Å². The van der Waals surface area contributed by atoms with E-state index in [-0.39, 0.29) is 12.1 Å². The molecule has 3 aromatic heterocycles. The smallest absolute Gasteiger partial charge is 0.278 e. The van der Waals surface area contributed by atoms with Crippen molar-refractivity contribution in [3.05, 3.63) is 70.7 Å². The maximum absolute atomic E-state index is 13.4. The maximum Gasteiger partial charge on any atom is 0.278 e. The number of hydrogen-bond donors (Lipinski definition) is 1. The maximum atomic E-state index is 13.4. The zero-order valence-electron chi connectivity index (χ0n) is 24.2. The standard InChI is InChI=1S/C30H35N9O2S/c1-5-12-38-28(40)23-16-31-29(34-27(23)39(38)26-8-6-7-25(33-26)35-42(3,4)41)32-21-14-20-17-36(2)13-9-22(20)24(15-21)37-18-30(19-37)10-11-30/h5-8,14-16H,1,9-13,17-19H2,2-4H3,(H,31,32,34). The number of nitrogens with one attached hydrogen (secondary N) is 1. The summed E-state index contributed by atoms with van der Waals surface area (Å²) in [5.74, 6) is 1.14. The minimum absolute atomic E-state index is 0.248. The number of likely N-dealkylation sites (N-methyl/N-ethyl adjacent to an activating group) is 1. The number of benzene rings is 1. The molecule has 1 spiro atoms. The molecule has 2 aliphatic heterocycles. The number of hydrogen-bond acceptors (Lipinski definition) is 9. The van der Waals surface area contributed by atoms with Gasteiger partial charge in [-0.3, -0.25) is 4.79 Å². The summed E-state index contributed by atoms with van der Waals surface area (Å²) in [5.41, 5.74) is 5.72. The van der Waals surface area contributed by atoms with Crippen LogP contribution in [0, 0.1) is 5.41 Å². The quantitative estimate of drug-likeness (QED) is 0.326. The molecule has 1 aromatic carbocycles. The highest BCUT2D eigenvalue weighted by atomic mass is 32.2. The predicted molar refractivity (Wildman–Crippen MR) is 167 cm³/mol. The van der Waals surface area contributed by atoms with E-state index in [1.165, 1.54) is 34.3 Å². The van der Waals surface area contributed by atoms with Crippen molar-refractivity contribution in [3.8, 4) is 5.82 Å². The van der Waals surface area contributed by atoms with E-state index >= 15 is 0 Å². The molecule has 3 aliphatic rings. The molecule has 0 bridgehead atoms. The summed E-state index contributed by atoms with van der Waals surface area (Å²) in [7, 11) is -0.261. The summed E-state index contributed by atoms with van der Waals surface area (Å²) >= 11 is 0. The lowest BCUT2D eigenvalue weighted by Gasteiger charge is -2.44. The van der Waals surface area contributed by atoms with Gasteiger partial charge in [0.1, 0.15) is 5.39 Å². The Morgan fingerprint density at radius 2 is 2.00 bits per heavy atom. The summed E-state index contributed by atoms with van der Waals surface area (Å²) in [4.78, 5) is 32.2. The van der Waals surface area contributed by atoms with Crippen LogP contribution >= 0.6 is 0 Å². The molecule has 12 heteroatoms. The summed E-state index contributed by atoms with van der Waals surface area (Å²) in [6.07, 6.45) is 10.0. The second-order valence-electron chi connectivity index (χ2n) is 12.1. The lowest BCUT2D eigenvalue weighted by molar-refractivity contribution is 0.311. The minimum atomic E-state index is -2.42. The molecule has 7 rings (SSSR count). The summed E-state index contributed by atoms with van der Waals surface area (Å²) < 4.78 is 19.7. The van der Waals surface area contributed by atoms with Crippen LogP contribution < -0.4 is 15.8 Å². The predicted octanol–water partition coefficient (Wildman–Crippen LogP) is 3.85. The molecule has 1 aliphatic carbocycles. The van der Waals surface area contributed by atoms with Gasteiger partial charge in [0.25, 0.3) is 5.56 Å². The molecule has 0 unspecified atom stereocenters. The van der Waals surface area contributed by atoms with Crippen molar-refractivity contribution in [2.75, 3.05) is 49.4 Å². The minimum Gasteiger partial charge on any atom is -0.370 e. The van der Waals surface area contributed by atoms with Gasteiger partial charge in [-0.05, 0) is 61.7 Å². The second kappa shape index (κ2) is 9.77. The number of fused-ring (bicyclic) bond motifs is 2. The van der Waals surface area contributed by atoms with E-state index in [0.717, 1.165) is 38.3 Å². The Morgan fingerprint density at radius 3 is 2.74 bits per heavy atom. The lowest BCUT2D eigenvalue weighted by Crippen LogP contribution is -2.49. The van der Waals surface area contributed by atoms with Crippen LogP contribution in [0.3, 0.4) is 0 Å².